The standard InChI is InChI=1S/C21H26N2O4S/c1-14-9-10-18(11-15(14)2)16(3)22-21(25)13-23(28(5,26)27)20-8-6-7-19(12-20)17(4)24/h6-12,16H,13H2,1-5H3,(H,22,25). The predicted octanol–water partition coefficient (Wildman–Crippen LogP) is 3.15. The molecule has 1 N–H and O–H groups in total. The number of hydrogen-bond donors (Lipinski definition) is 1. The number of ketones is 1. The van der Waals surface area contributed by atoms with Crippen molar-refractivity contribution in [2.24, 2.45) is 0 Å². The molecule has 0 spiro atoms. The lowest BCUT2D eigenvalue weighted by atomic mass is 10.0. The van der Waals surface area contributed by atoms with Gasteiger partial charge in [0.2, 0.25) is 15.9 Å². The average molecular weight is 403 g/mol. The largest absolute Gasteiger partial charge is 0.348 e. The molecule has 1 unspecified atom stereocenters. The first-order valence-corrected chi connectivity index (χ1v) is 10.8. The molecule has 0 saturated carbocycles. The zero-order chi connectivity index (χ0) is 21.1. The summed E-state index contributed by atoms with van der Waals surface area (Å²) in [7, 11) is -3.71. The van der Waals surface area contributed by atoms with Gasteiger partial charge in [-0.2, -0.15) is 0 Å². The van der Waals surface area contributed by atoms with E-state index in [1.807, 2.05) is 39.0 Å². The number of aryl methyl sites for hydroxylation is 2. The normalized spacial score (nSPS) is 12.3. The van der Waals surface area contributed by atoms with E-state index in [0.29, 0.717) is 5.56 Å². The summed E-state index contributed by atoms with van der Waals surface area (Å²) in [5.41, 5.74) is 3.90. The Morgan fingerprint density at radius 1 is 1.07 bits per heavy atom. The highest BCUT2D eigenvalue weighted by Gasteiger charge is 2.22. The minimum Gasteiger partial charge on any atom is -0.348 e. The van der Waals surface area contributed by atoms with Gasteiger partial charge in [-0.25, -0.2) is 8.42 Å². The third-order valence-corrected chi connectivity index (χ3v) is 5.78. The summed E-state index contributed by atoms with van der Waals surface area (Å²) >= 11 is 0. The number of rotatable bonds is 7. The minimum atomic E-state index is -3.71. The van der Waals surface area contributed by atoms with Gasteiger partial charge in [-0.05, 0) is 56.5 Å². The van der Waals surface area contributed by atoms with Gasteiger partial charge in [-0.3, -0.25) is 13.9 Å². The molecule has 0 saturated heterocycles. The Morgan fingerprint density at radius 3 is 2.32 bits per heavy atom. The number of nitrogens with one attached hydrogen (secondary N) is 1. The molecule has 2 rings (SSSR count). The smallest absolute Gasteiger partial charge is 0.241 e. The van der Waals surface area contributed by atoms with Gasteiger partial charge in [0.15, 0.2) is 5.78 Å². The van der Waals surface area contributed by atoms with Crippen molar-refractivity contribution < 1.29 is 18.0 Å². The highest BCUT2D eigenvalue weighted by molar-refractivity contribution is 7.92. The minimum absolute atomic E-state index is 0.178. The number of carbonyl (C=O) groups is 2. The Morgan fingerprint density at radius 2 is 1.75 bits per heavy atom. The maximum absolute atomic E-state index is 12.5. The fourth-order valence-electron chi connectivity index (χ4n) is 2.81. The monoisotopic (exact) mass is 402 g/mol. The quantitative estimate of drug-likeness (QED) is 0.721. The summed E-state index contributed by atoms with van der Waals surface area (Å²) in [5, 5.41) is 2.84. The number of sulfonamides is 1. The summed E-state index contributed by atoms with van der Waals surface area (Å²) in [5.74, 6) is -0.604. The number of Topliss-reactive ketones (excluding diaryl/α,β-unsaturated/α-hetero) is 1. The number of hydrogen-bond acceptors (Lipinski definition) is 4. The molecule has 0 aliphatic rings. The number of amides is 1. The van der Waals surface area contributed by atoms with Crippen molar-refractivity contribution in [3.05, 3.63) is 64.7 Å². The molecule has 0 bridgehead atoms. The summed E-state index contributed by atoms with van der Waals surface area (Å²) < 4.78 is 25.5. The summed E-state index contributed by atoms with van der Waals surface area (Å²) in [6.45, 7) is 6.91. The number of benzene rings is 2. The summed E-state index contributed by atoms with van der Waals surface area (Å²) in [4.78, 5) is 24.1. The zero-order valence-electron chi connectivity index (χ0n) is 16.8. The van der Waals surface area contributed by atoms with Crippen LogP contribution in [0.1, 0.15) is 46.9 Å². The Balaban J connectivity index is 2.20. The molecule has 2 aromatic rings. The number of carbonyl (C=O) groups excluding carboxylic acids is 2. The summed E-state index contributed by atoms with van der Waals surface area (Å²) in [6.07, 6.45) is 1.04. The van der Waals surface area contributed by atoms with Crippen molar-refractivity contribution in [3.8, 4) is 0 Å². The van der Waals surface area contributed by atoms with E-state index in [1.54, 1.807) is 18.2 Å². The topological polar surface area (TPSA) is 83.6 Å². The maximum Gasteiger partial charge on any atom is 0.241 e. The molecule has 1 atom stereocenters. The van der Waals surface area contributed by atoms with Crippen molar-refractivity contribution in [2.45, 2.75) is 33.7 Å². The van der Waals surface area contributed by atoms with E-state index in [9.17, 15) is 18.0 Å². The van der Waals surface area contributed by atoms with Gasteiger partial charge >= 0.3 is 0 Å². The van der Waals surface area contributed by atoms with E-state index in [4.69, 9.17) is 0 Å². The predicted molar refractivity (Wildman–Crippen MR) is 111 cm³/mol. The van der Waals surface area contributed by atoms with Crippen molar-refractivity contribution in [2.75, 3.05) is 17.1 Å². The summed E-state index contributed by atoms with van der Waals surface area (Å²) in [6, 6.07) is 11.9. The second-order valence-corrected chi connectivity index (χ2v) is 8.92. The fourth-order valence-corrected chi connectivity index (χ4v) is 3.66. The van der Waals surface area contributed by atoms with Crippen LogP contribution in [0.4, 0.5) is 5.69 Å². The highest BCUT2D eigenvalue weighted by atomic mass is 32.2. The molecule has 150 valence electrons. The van der Waals surface area contributed by atoms with E-state index >= 15 is 0 Å². The lowest BCUT2D eigenvalue weighted by molar-refractivity contribution is -0.120. The molecule has 0 heterocycles. The molecule has 28 heavy (non-hydrogen) atoms. The number of anilines is 1. The first-order valence-electron chi connectivity index (χ1n) is 8.94. The van der Waals surface area contributed by atoms with Gasteiger partial charge in [0.25, 0.3) is 0 Å². The molecular formula is C21H26N2O4S. The first-order chi connectivity index (χ1) is 13.0. The molecule has 0 radical (unpaired) electrons. The SMILES string of the molecule is CC(=O)c1cccc(N(CC(=O)NC(C)c2ccc(C)c(C)c2)S(C)(=O)=O)c1. The fraction of sp³-hybridized carbons (Fsp3) is 0.333. The first kappa shape index (κ1) is 21.6. The Labute approximate surface area is 166 Å². The third-order valence-electron chi connectivity index (χ3n) is 4.64. The molecule has 0 fully saturated rings. The molecule has 2 aromatic carbocycles. The second kappa shape index (κ2) is 8.56. The van der Waals surface area contributed by atoms with Crippen LogP contribution < -0.4 is 9.62 Å². The van der Waals surface area contributed by atoms with Gasteiger partial charge in [-0.15, -0.1) is 0 Å². The maximum atomic E-state index is 12.5. The molecular weight excluding hydrogens is 376 g/mol. The van der Waals surface area contributed by atoms with Crippen LogP contribution in [-0.2, 0) is 14.8 Å². The van der Waals surface area contributed by atoms with Gasteiger partial charge < -0.3 is 5.32 Å². The molecule has 0 aliphatic heterocycles. The van der Waals surface area contributed by atoms with E-state index in [-0.39, 0.29) is 24.1 Å². The van der Waals surface area contributed by atoms with Crippen LogP contribution in [0.3, 0.4) is 0 Å². The lowest BCUT2D eigenvalue weighted by Gasteiger charge is -2.24. The molecule has 0 aliphatic carbocycles. The Bertz CT molecular complexity index is 999. The van der Waals surface area contributed by atoms with Crippen LogP contribution in [0.5, 0.6) is 0 Å². The highest BCUT2D eigenvalue weighted by Crippen LogP contribution is 2.20. The van der Waals surface area contributed by atoms with Crippen LogP contribution in [0.2, 0.25) is 0 Å². The van der Waals surface area contributed by atoms with E-state index in [0.717, 1.165) is 27.3 Å². The molecule has 0 aromatic heterocycles. The molecule has 6 nitrogen and oxygen atoms in total. The van der Waals surface area contributed by atoms with Crippen molar-refractivity contribution in [1.29, 1.82) is 0 Å². The molecule has 1 amide bonds. The number of nitrogens with zero attached hydrogens (tertiary/aromatic N) is 1. The van der Waals surface area contributed by atoms with Gasteiger partial charge in [0.05, 0.1) is 18.0 Å². The van der Waals surface area contributed by atoms with Crippen molar-refractivity contribution in [3.63, 3.8) is 0 Å². The second-order valence-electron chi connectivity index (χ2n) is 7.01. The van der Waals surface area contributed by atoms with Crippen LogP contribution in [0.25, 0.3) is 0 Å². The van der Waals surface area contributed by atoms with Crippen LogP contribution in [-0.4, -0.2) is 32.9 Å². The Kier molecular flexibility index (Phi) is 6.61. The van der Waals surface area contributed by atoms with Crippen LogP contribution >= 0.6 is 0 Å². The van der Waals surface area contributed by atoms with E-state index < -0.39 is 15.9 Å². The average Bonchev–Trinajstić information content (AvgIpc) is 2.61. The third kappa shape index (κ3) is 5.42. The molecule has 7 heteroatoms. The van der Waals surface area contributed by atoms with Crippen molar-refractivity contribution >= 4 is 27.4 Å². The van der Waals surface area contributed by atoms with Gasteiger partial charge in [-0.1, -0.05) is 30.3 Å². The zero-order valence-corrected chi connectivity index (χ0v) is 17.6. The van der Waals surface area contributed by atoms with Crippen molar-refractivity contribution in [1.82, 2.24) is 5.32 Å². The van der Waals surface area contributed by atoms with E-state index in [2.05, 4.69) is 5.32 Å². The van der Waals surface area contributed by atoms with E-state index in [1.165, 1.54) is 13.0 Å². The lowest BCUT2D eigenvalue weighted by Crippen LogP contribution is -2.41. The Hall–Kier alpha value is -2.67. The van der Waals surface area contributed by atoms with Gasteiger partial charge in [0.1, 0.15) is 6.54 Å². The van der Waals surface area contributed by atoms with Gasteiger partial charge in [0, 0.05) is 5.56 Å². The van der Waals surface area contributed by atoms with Crippen LogP contribution in [0, 0.1) is 13.8 Å². The van der Waals surface area contributed by atoms with Crippen LogP contribution in [0.15, 0.2) is 42.5 Å².